The van der Waals surface area contributed by atoms with Gasteiger partial charge < -0.3 is 10.2 Å². The maximum absolute atomic E-state index is 11.8. The average Bonchev–Trinajstić information content (AvgIpc) is 3.23. The van der Waals surface area contributed by atoms with E-state index < -0.39 is 0 Å². The molecular weight excluding hydrogens is 330 g/mol. The second kappa shape index (κ2) is 5.69. The molecule has 26 heavy (non-hydrogen) atoms. The molecule has 0 saturated carbocycles. The first-order valence-corrected chi connectivity index (χ1v) is 8.77. The van der Waals surface area contributed by atoms with Crippen molar-refractivity contribution in [3.8, 4) is 0 Å². The number of urea groups is 1. The van der Waals surface area contributed by atoms with Gasteiger partial charge in [0, 0.05) is 32.4 Å². The molecule has 5 rings (SSSR count). The normalized spacial score (nSPS) is 17.7. The summed E-state index contributed by atoms with van der Waals surface area (Å²) in [4.78, 5) is 25.2. The third-order valence-electron chi connectivity index (χ3n) is 5.01. The molecular formula is C18H19N7O. The number of carbonyl (C=O) groups is 1. The molecule has 8 heteroatoms. The summed E-state index contributed by atoms with van der Waals surface area (Å²) in [6.07, 6.45) is 3.71. The highest BCUT2D eigenvalue weighted by atomic mass is 16.2. The van der Waals surface area contributed by atoms with Crippen LogP contribution >= 0.6 is 0 Å². The fourth-order valence-corrected chi connectivity index (χ4v) is 3.56. The summed E-state index contributed by atoms with van der Waals surface area (Å²) in [6.45, 7) is 5.04. The Labute approximate surface area is 150 Å². The summed E-state index contributed by atoms with van der Waals surface area (Å²) in [5, 5.41) is 7.26. The van der Waals surface area contributed by atoms with E-state index in [0.717, 1.165) is 41.3 Å². The lowest BCUT2D eigenvalue weighted by Gasteiger charge is -2.40. The molecule has 0 spiro atoms. The first-order valence-electron chi connectivity index (χ1n) is 8.77. The number of aryl methyl sites for hydroxylation is 1. The number of amides is 2. The second-order valence-electron chi connectivity index (χ2n) is 6.74. The number of hydrogen-bond donors (Lipinski definition) is 1. The predicted octanol–water partition coefficient (Wildman–Crippen LogP) is 1.73. The Morgan fingerprint density at radius 1 is 1.15 bits per heavy atom. The third-order valence-corrected chi connectivity index (χ3v) is 5.01. The number of rotatable bonds is 3. The fourth-order valence-electron chi connectivity index (χ4n) is 3.56. The van der Waals surface area contributed by atoms with Crippen LogP contribution in [0.3, 0.4) is 0 Å². The van der Waals surface area contributed by atoms with Crippen molar-refractivity contribution in [2.45, 2.75) is 13.0 Å². The minimum absolute atomic E-state index is 0.0538. The number of hydrogen-bond acceptors (Lipinski definition) is 5. The highest BCUT2D eigenvalue weighted by Gasteiger charge is 2.32. The molecule has 0 unspecified atom stereocenters. The van der Waals surface area contributed by atoms with Gasteiger partial charge in [-0.05, 0) is 19.1 Å². The third kappa shape index (κ3) is 2.37. The smallest absolute Gasteiger partial charge is 0.322 e. The summed E-state index contributed by atoms with van der Waals surface area (Å²) in [5.74, 6) is 0.936. The Balaban J connectivity index is 1.32. The van der Waals surface area contributed by atoms with Gasteiger partial charge in [0.2, 0.25) is 0 Å². The van der Waals surface area contributed by atoms with Gasteiger partial charge in [-0.25, -0.2) is 14.8 Å². The average molecular weight is 349 g/mol. The number of aromatic nitrogens is 4. The zero-order valence-corrected chi connectivity index (χ0v) is 14.5. The molecule has 4 heterocycles. The molecule has 2 aromatic heterocycles. The maximum atomic E-state index is 11.8. The van der Waals surface area contributed by atoms with Crippen LogP contribution in [-0.2, 0) is 0 Å². The van der Waals surface area contributed by atoms with Crippen LogP contribution in [0.2, 0.25) is 0 Å². The zero-order valence-electron chi connectivity index (χ0n) is 14.5. The quantitative estimate of drug-likeness (QED) is 0.779. The maximum Gasteiger partial charge on any atom is 0.322 e. The van der Waals surface area contributed by atoms with Crippen molar-refractivity contribution < 1.29 is 4.79 Å². The van der Waals surface area contributed by atoms with Gasteiger partial charge in [0.15, 0.2) is 5.82 Å². The molecule has 1 aromatic carbocycles. The first-order chi connectivity index (χ1) is 12.7. The Bertz CT molecular complexity index is 992. The first kappa shape index (κ1) is 15.1. The lowest BCUT2D eigenvalue weighted by atomic mass is 10.1. The van der Waals surface area contributed by atoms with Crippen LogP contribution in [0.5, 0.6) is 0 Å². The van der Waals surface area contributed by atoms with Crippen LogP contribution in [0.15, 0.2) is 36.7 Å². The molecule has 0 radical (unpaired) electrons. The molecule has 2 amide bonds. The van der Waals surface area contributed by atoms with Crippen molar-refractivity contribution in [2.24, 2.45) is 0 Å². The lowest BCUT2D eigenvalue weighted by molar-refractivity contribution is 0.252. The largest absolute Gasteiger partial charge is 0.351 e. The van der Waals surface area contributed by atoms with E-state index in [9.17, 15) is 4.79 Å². The van der Waals surface area contributed by atoms with E-state index in [1.807, 2.05) is 42.1 Å². The van der Waals surface area contributed by atoms with E-state index in [-0.39, 0.29) is 12.1 Å². The van der Waals surface area contributed by atoms with Crippen LogP contribution in [0.1, 0.15) is 11.7 Å². The molecule has 3 aromatic rings. The number of fused-ring (bicyclic) bond motifs is 1. The van der Waals surface area contributed by atoms with Gasteiger partial charge in [-0.2, -0.15) is 5.10 Å². The molecule has 0 aliphatic carbocycles. The highest BCUT2D eigenvalue weighted by molar-refractivity contribution is 5.93. The number of nitrogens with zero attached hydrogens (tertiary/aromatic N) is 6. The van der Waals surface area contributed by atoms with Gasteiger partial charge in [-0.3, -0.25) is 9.58 Å². The highest BCUT2D eigenvalue weighted by Crippen LogP contribution is 2.30. The number of benzene rings is 1. The number of nitrogens with one attached hydrogen (secondary N) is 1. The number of para-hydroxylation sites is 2. The van der Waals surface area contributed by atoms with Gasteiger partial charge in [0.1, 0.15) is 0 Å². The Hall–Kier alpha value is -3.16. The molecule has 2 saturated heterocycles. The van der Waals surface area contributed by atoms with Crippen LogP contribution < -0.4 is 15.1 Å². The van der Waals surface area contributed by atoms with Crippen molar-refractivity contribution in [2.75, 3.05) is 36.0 Å². The molecule has 1 N–H and O–H groups in total. The molecule has 2 aliphatic rings. The molecule has 2 aliphatic heterocycles. The van der Waals surface area contributed by atoms with Gasteiger partial charge in [-0.15, -0.1) is 0 Å². The minimum Gasteiger partial charge on any atom is -0.351 e. The minimum atomic E-state index is -0.0538. The van der Waals surface area contributed by atoms with Crippen LogP contribution in [0, 0.1) is 6.92 Å². The van der Waals surface area contributed by atoms with E-state index in [0.29, 0.717) is 13.1 Å². The van der Waals surface area contributed by atoms with Gasteiger partial charge >= 0.3 is 6.03 Å². The number of anilines is 2. The topological polar surface area (TPSA) is 79.2 Å². The number of carbonyl (C=O) groups excluding carboxylic acids is 1. The summed E-state index contributed by atoms with van der Waals surface area (Å²) >= 11 is 0. The summed E-state index contributed by atoms with van der Waals surface area (Å²) in [7, 11) is 0. The monoisotopic (exact) mass is 349 g/mol. The molecule has 0 atom stereocenters. The van der Waals surface area contributed by atoms with Crippen molar-refractivity contribution in [3.05, 3.63) is 42.4 Å². The van der Waals surface area contributed by atoms with E-state index in [1.54, 1.807) is 11.1 Å². The lowest BCUT2D eigenvalue weighted by Crippen LogP contribution is -2.48. The second-order valence-corrected chi connectivity index (χ2v) is 6.74. The Morgan fingerprint density at radius 2 is 1.92 bits per heavy atom. The summed E-state index contributed by atoms with van der Waals surface area (Å²) in [6, 6.07) is 8.16. The van der Waals surface area contributed by atoms with Crippen LogP contribution in [0.25, 0.3) is 11.0 Å². The summed E-state index contributed by atoms with van der Waals surface area (Å²) in [5.41, 5.74) is 3.63. The predicted molar refractivity (Wildman–Crippen MR) is 98.5 cm³/mol. The van der Waals surface area contributed by atoms with Gasteiger partial charge in [0.25, 0.3) is 0 Å². The van der Waals surface area contributed by atoms with Gasteiger partial charge in [0.05, 0.1) is 34.7 Å². The van der Waals surface area contributed by atoms with E-state index in [1.165, 1.54) is 0 Å². The van der Waals surface area contributed by atoms with Crippen LogP contribution in [-0.4, -0.2) is 52.0 Å². The van der Waals surface area contributed by atoms with E-state index in [2.05, 4.69) is 20.3 Å². The van der Waals surface area contributed by atoms with Gasteiger partial charge in [-0.1, -0.05) is 12.1 Å². The van der Waals surface area contributed by atoms with E-state index >= 15 is 0 Å². The molecule has 8 nitrogen and oxygen atoms in total. The molecule has 0 bridgehead atoms. The van der Waals surface area contributed by atoms with Crippen molar-refractivity contribution in [1.82, 2.24) is 25.1 Å². The SMILES string of the molecule is Cc1nc2ccccc2nc1N1CC(n2cc(N3CCNC3=O)cn2)C1. The van der Waals surface area contributed by atoms with Crippen molar-refractivity contribution >= 4 is 28.6 Å². The Morgan fingerprint density at radius 3 is 2.65 bits per heavy atom. The van der Waals surface area contributed by atoms with Crippen molar-refractivity contribution in [3.63, 3.8) is 0 Å². The summed E-state index contributed by atoms with van der Waals surface area (Å²) < 4.78 is 1.95. The van der Waals surface area contributed by atoms with Crippen molar-refractivity contribution in [1.29, 1.82) is 0 Å². The molecule has 2 fully saturated rings. The standard InChI is InChI=1S/C18H19N7O/c1-12-17(22-16-5-3-2-4-15(16)21-12)23-9-14(10-23)25-11-13(8-20-25)24-7-6-19-18(24)26/h2-5,8,11,14H,6-7,9-10H2,1H3,(H,19,26). The van der Waals surface area contributed by atoms with Crippen LogP contribution in [0.4, 0.5) is 16.3 Å². The van der Waals surface area contributed by atoms with E-state index in [4.69, 9.17) is 4.98 Å². The fraction of sp³-hybridized carbons (Fsp3) is 0.333. The zero-order chi connectivity index (χ0) is 17.7. The Kier molecular flexibility index (Phi) is 3.31. The molecule has 132 valence electrons.